The van der Waals surface area contributed by atoms with Crippen LogP contribution in [-0.2, 0) is 9.47 Å². The summed E-state index contributed by atoms with van der Waals surface area (Å²) in [6.45, 7) is 2.22. The van der Waals surface area contributed by atoms with Gasteiger partial charge < -0.3 is 5.73 Å². The SMILES string of the molecule is CC(F)(F)c1cccc(C(C)(N)I)c1F. The highest BCUT2D eigenvalue weighted by atomic mass is 127. The van der Waals surface area contributed by atoms with Crippen molar-refractivity contribution in [2.75, 3.05) is 0 Å². The summed E-state index contributed by atoms with van der Waals surface area (Å²) in [6, 6.07) is 3.87. The van der Waals surface area contributed by atoms with Crippen LogP contribution in [0, 0.1) is 5.82 Å². The molecule has 0 aliphatic heterocycles. The molecule has 0 bridgehead atoms. The molecule has 0 saturated carbocycles. The molecular weight excluding hydrogens is 318 g/mol. The van der Waals surface area contributed by atoms with Gasteiger partial charge >= 0.3 is 0 Å². The van der Waals surface area contributed by atoms with Gasteiger partial charge in [0, 0.05) is 12.5 Å². The van der Waals surface area contributed by atoms with Crippen molar-refractivity contribution in [3.63, 3.8) is 0 Å². The Morgan fingerprint density at radius 2 is 1.67 bits per heavy atom. The largest absolute Gasteiger partial charge is 0.313 e. The molecule has 0 aliphatic rings. The fraction of sp³-hybridized carbons (Fsp3) is 0.400. The summed E-state index contributed by atoms with van der Waals surface area (Å²) in [4.78, 5) is 0. The summed E-state index contributed by atoms with van der Waals surface area (Å²) < 4.78 is 38.7. The van der Waals surface area contributed by atoms with Crippen LogP contribution in [0.3, 0.4) is 0 Å². The molecule has 0 aromatic heterocycles. The number of halogens is 4. The second kappa shape index (κ2) is 3.93. The first-order valence-corrected chi connectivity index (χ1v) is 5.37. The van der Waals surface area contributed by atoms with Crippen molar-refractivity contribution in [2.24, 2.45) is 5.73 Å². The summed E-state index contributed by atoms with van der Waals surface area (Å²) in [5, 5.41) is 0. The van der Waals surface area contributed by atoms with Crippen LogP contribution in [0.5, 0.6) is 0 Å². The monoisotopic (exact) mass is 329 g/mol. The number of alkyl halides is 3. The van der Waals surface area contributed by atoms with Crippen molar-refractivity contribution in [2.45, 2.75) is 23.3 Å². The molecule has 0 radical (unpaired) electrons. The molecule has 5 heteroatoms. The molecule has 15 heavy (non-hydrogen) atoms. The molecule has 0 fully saturated rings. The van der Waals surface area contributed by atoms with Crippen LogP contribution in [0.15, 0.2) is 18.2 Å². The molecule has 0 aliphatic carbocycles. The zero-order chi connectivity index (χ0) is 11.9. The average molecular weight is 329 g/mol. The van der Waals surface area contributed by atoms with Crippen LogP contribution >= 0.6 is 22.6 Å². The van der Waals surface area contributed by atoms with Gasteiger partial charge in [0.05, 0.1) is 9.11 Å². The number of rotatable bonds is 2. The van der Waals surface area contributed by atoms with Crippen LogP contribution in [0.2, 0.25) is 0 Å². The van der Waals surface area contributed by atoms with Crippen molar-refractivity contribution in [3.05, 3.63) is 35.1 Å². The lowest BCUT2D eigenvalue weighted by atomic mass is 10.0. The second-order valence-corrected chi connectivity index (χ2v) is 5.87. The second-order valence-electron chi connectivity index (χ2n) is 3.63. The van der Waals surface area contributed by atoms with Crippen LogP contribution in [-0.4, -0.2) is 0 Å². The van der Waals surface area contributed by atoms with E-state index in [1.807, 2.05) is 0 Å². The number of hydrogen-bond donors (Lipinski definition) is 1. The van der Waals surface area contributed by atoms with Gasteiger partial charge in [-0.2, -0.15) is 0 Å². The lowest BCUT2D eigenvalue weighted by Gasteiger charge is -2.21. The van der Waals surface area contributed by atoms with Gasteiger partial charge in [-0.3, -0.25) is 0 Å². The molecular formula is C10H11F3IN. The minimum absolute atomic E-state index is 0.0853. The lowest BCUT2D eigenvalue weighted by Crippen LogP contribution is -2.27. The van der Waals surface area contributed by atoms with Crippen LogP contribution in [0.25, 0.3) is 0 Å². The molecule has 0 heterocycles. The molecule has 0 saturated heterocycles. The van der Waals surface area contributed by atoms with E-state index in [-0.39, 0.29) is 5.56 Å². The predicted octanol–water partition coefficient (Wildman–Crippen LogP) is 3.50. The highest BCUT2D eigenvalue weighted by Crippen LogP contribution is 2.35. The fourth-order valence-electron chi connectivity index (χ4n) is 1.25. The topological polar surface area (TPSA) is 26.0 Å². The third kappa shape index (κ3) is 2.84. The van der Waals surface area contributed by atoms with Gasteiger partial charge in [0.2, 0.25) is 0 Å². The summed E-state index contributed by atoms with van der Waals surface area (Å²) >= 11 is 1.81. The maximum absolute atomic E-state index is 13.7. The van der Waals surface area contributed by atoms with Gasteiger partial charge in [0.15, 0.2) is 0 Å². The Hall–Kier alpha value is -0.300. The highest BCUT2D eigenvalue weighted by molar-refractivity contribution is 14.1. The molecule has 1 unspecified atom stereocenters. The van der Waals surface area contributed by atoms with Gasteiger partial charge in [-0.15, -0.1) is 0 Å². The minimum atomic E-state index is -3.19. The molecule has 1 aromatic rings. The van der Waals surface area contributed by atoms with Gasteiger partial charge in [-0.05, 0) is 6.92 Å². The number of hydrogen-bond acceptors (Lipinski definition) is 1. The summed E-state index contributed by atoms with van der Waals surface area (Å²) in [5.41, 5.74) is 5.14. The quantitative estimate of drug-likeness (QED) is 0.502. The Bertz CT molecular complexity index is 334. The van der Waals surface area contributed by atoms with E-state index in [4.69, 9.17) is 5.73 Å². The Labute approximate surface area is 100.0 Å². The van der Waals surface area contributed by atoms with Crippen molar-refractivity contribution in [1.82, 2.24) is 0 Å². The van der Waals surface area contributed by atoms with E-state index in [1.165, 1.54) is 12.1 Å². The van der Waals surface area contributed by atoms with E-state index in [2.05, 4.69) is 0 Å². The predicted molar refractivity (Wildman–Crippen MR) is 61.5 cm³/mol. The fourth-order valence-corrected chi connectivity index (χ4v) is 1.67. The Kier molecular flexibility index (Phi) is 3.35. The van der Waals surface area contributed by atoms with E-state index in [1.54, 1.807) is 29.5 Å². The lowest BCUT2D eigenvalue weighted by molar-refractivity contribution is 0.0135. The van der Waals surface area contributed by atoms with E-state index < -0.39 is 20.8 Å². The molecule has 0 spiro atoms. The van der Waals surface area contributed by atoms with Crippen molar-refractivity contribution < 1.29 is 13.2 Å². The minimum Gasteiger partial charge on any atom is -0.313 e. The third-order valence-electron chi connectivity index (χ3n) is 2.00. The zero-order valence-corrected chi connectivity index (χ0v) is 10.5. The van der Waals surface area contributed by atoms with E-state index in [0.29, 0.717) is 6.92 Å². The smallest absolute Gasteiger partial charge is 0.273 e. The Morgan fingerprint density at radius 1 is 1.20 bits per heavy atom. The first-order chi connectivity index (χ1) is 6.64. The average Bonchev–Trinajstić information content (AvgIpc) is 1.99. The Morgan fingerprint density at radius 3 is 2.07 bits per heavy atom. The van der Waals surface area contributed by atoms with Crippen molar-refractivity contribution in [3.8, 4) is 0 Å². The molecule has 1 aromatic carbocycles. The summed E-state index contributed by atoms with van der Waals surface area (Å²) in [5.74, 6) is -4.12. The van der Waals surface area contributed by atoms with Gasteiger partial charge in [0.1, 0.15) is 5.82 Å². The summed E-state index contributed by atoms with van der Waals surface area (Å²) in [6.07, 6.45) is 0. The Balaban J connectivity index is 3.37. The maximum atomic E-state index is 13.7. The first-order valence-electron chi connectivity index (χ1n) is 4.29. The third-order valence-corrected chi connectivity index (χ3v) is 2.58. The van der Waals surface area contributed by atoms with Gasteiger partial charge in [0.25, 0.3) is 5.92 Å². The van der Waals surface area contributed by atoms with Crippen molar-refractivity contribution >= 4 is 22.6 Å². The van der Waals surface area contributed by atoms with Crippen LogP contribution in [0.1, 0.15) is 25.0 Å². The standard InChI is InChI=1S/C10H11F3IN/c1-9(12,13)6-4-3-5-7(8(6)11)10(2,14)15/h3-5H,15H2,1-2H3. The first kappa shape index (κ1) is 12.8. The molecule has 2 N–H and O–H groups in total. The van der Waals surface area contributed by atoms with Gasteiger partial charge in [-0.1, -0.05) is 40.8 Å². The normalized spacial score (nSPS) is 16.2. The molecule has 1 rings (SSSR count). The molecule has 1 atom stereocenters. The highest BCUT2D eigenvalue weighted by Gasteiger charge is 2.32. The molecule has 84 valence electrons. The molecule has 1 nitrogen and oxygen atoms in total. The number of benzene rings is 1. The summed E-state index contributed by atoms with van der Waals surface area (Å²) in [7, 11) is 0. The van der Waals surface area contributed by atoms with Crippen LogP contribution in [0.4, 0.5) is 13.2 Å². The van der Waals surface area contributed by atoms with E-state index >= 15 is 0 Å². The van der Waals surface area contributed by atoms with E-state index in [9.17, 15) is 13.2 Å². The van der Waals surface area contributed by atoms with Gasteiger partial charge in [-0.25, -0.2) is 13.2 Å². The number of nitrogens with two attached hydrogens (primary N) is 1. The van der Waals surface area contributed by atoms with Crippen LogP contribution < -0.4 is 5.73 Å². The van der Waals surface area contributed by atoms with Crippen molar-refractivity contribution in [1.29, 1.82) is 0 Å². The zero-order valence-electron chi connectivity index (χ0n) is 8.32. The maximum Gasteiger partial charge on any atom is 0.273 e. The van der Waals surface area contributed by atoms with E-state index in [0.717, 1.165) is 6.07 Å². The molecule has 0 amide bonds.